The molecular weight excluding hydrogens is 214 g/mol. The zero-order chi connectivity index (χ0) is 11.5. The van der Waals surface area contributed by atoms with Crippen molar-refractivity contribution in [3.63, 3.8) is 0 Å². The largest absolute Gasteiger partial charge is 0.313 e. The normalized spacial score (nSPS) is 24.9. The maximum Gasteiger partial charge on any atom is 0.0331 e. The van der Waals surface area contributed by atoms with E-state index in [1.807, 2.05) is 0 Å². The summed E-state index contributed by atoms with van der Waals surface area (Å²) in [4.78, 5) is 0. The average molecular weight is 235 g/mol. The van der Waals surface area contributed by atoms with E-state index < -0.39 is 0 Å². The minimum Gasteiger partial charge on any atom is -0.313 e. The van der Waals surface area contributed by atoms with Crippen molar-refractivity contribution in [3.8, 4) is 0 Å². The minimum absolute atomic E-state index is 0.534. The Kier molecular flexibility index (Phi) is 3.93. The highest BCUT2D eigenvalue weighted by Gasteiger charge is 2.21. The number of aryl methyl sites for hydroxylation is 1. The van der Waals surface area contributed by atoms with Crippen LogP contribution in [-0.4, -0.2) is 12.3 Å². The summed E-state index contributed by atoms with van der Waals surface area (Å²) in [6.45, 7) is 4.56. The Bertz CT molecular complexity index is 362. The Hall–Kier alpha value is -0.470. The lowest BCUT2D eigenvalue weighted by Crippen LogP contribution is -2.19. The molecule has 0 spiro atoms. The number of hydrogen-bond donors (Lipinski definition) is 1. The molecule has 0 saturated heterocycles. The van der Waals surface area contributed by atoms with E-state index in [1.54, 1.807) is 0 Å². The number of rotatable bonds is 2. The van der Waals surface area contributed by atoms with Gasteiger partial charge < -0.3 is 5.32 Å². The molecule has 88 valence electrons. The van der Waals surface area contributed by atoms with E-state index in [0.717, 1.165) is 11.7 Å². The van der Waals surface area contributed by atoms with Gasteiger partial charge in [0.05, 0.1) is 0 Å². The molecule has 1 nitrogen and oxygen atoms in total. The molecule has 1 aromatic rings. The fraction of sp³-hybridized carbons (Fsp3) is 0.571. The molecule has 0 radical (unpaired) electrons. The summed E-state index contributed by atoms with van der Waals surface area (Å²) in [5.74, 6) is 1.17. The maximum atomic E-state index is 3.47. The first-order chi connectivity index (χ1) is 7.74. The van der Waals surface area contributed by atoms with Crippen LogP contribution in [0.25, 0.3) is 0 Å². The standard InChI is InChI=1S/C14H21NS/c1-4-11-5-6-12-9-16-10(2)7-14(15-3)13(12)8-11/h5-6,8,10,14-15H,4,7,9H2,1-3H3. The van der Waals surface area contributed by atoms with Crippen molar-refractivity contribution in [1.82, 2.24) is 5.32 Å². The summed E-state index contributed by atoms with van der Waals surface area (Å²) in [6, 6.07) is 7.53. The highest BCUT2D eigenvalue weighted by Crippen LogP contribution is 2.35. The topological polar surface area (TPSA) is 12.0 Å². The van der Waals surface area contributed by atoms with E-state index >= 15 is 0 Å². The van der Waals surface area contributed by atoms with Crippen LogP contribution in [-0.2, 0) is 12.2 Å². The van der Waals surface area contributed by atoms with Crippen molar-refractivity contribution in [2.75, 3.05) is 7.05 Å². The fourth-order valence-electron chi connectivity index (χ4n) is 2.35. The van der Waals surface area contributed by atoms with E-state index in [9.17, 15) is 0 Å². The van der Waals surface area contributed by atoms with Gasteiger partial charge in [-0.25, -0.2) is 0 Å². The van der Waals surface area contributed by atoms with Crippen LogP contribution in [0.1, 0.15) is 43.0 Å². The molecule has 0 aliphatic carbocycles. The van der Waals surface area contributed by atoms with Crippen LogP contribution in [0.3, 0.4) is 0 Å². The third-order valence-electron chi connectivity index (χ3n) is 3.43. The third-order valence-corrected chi connectivity index (χ3v) is 4.67. The molecule has 2 unspecified atom stereocenters. The Morgan fingerprint density at radius 3 is 2.94 bits per heavy atom. The fourth-order valence-corrected chi connectivity index (χ4v) is 3.41. The molecule has 16 heavy (non-hydrogen) atoms. The Morgan fingerprint density at radius 2 is 2.25 bits per heavy atom. The molecule has 1 heterocycles. The van der Waals surface area contributed by atoms with Crippen molar-refractivity contribution in [2.24, 2.45) is 0 Å². The molecule has 2 atom stereocenters. The van der Waals surface area contributed by atoms with Gasteiger partial charge in [-0.3, -0.25) is 0 Å². The molecule has 2 heteroatoms. The monoisotopic (exact) mass is 235 g/mol. The Labute approximate surface area is 103 Å². The predicted octanol–water partition coefficient (Wildman–Crippen LogP) is 3.53. The van der Waals surface area contributed by atoms with Gasteiger partial charge in [0, 0.05) is 17.0 Å². The first-order valence-corrected chi connectivity index (χ1v) is 7.20. The highest BCUT2D eigenvalue weighted by molar-refractivity contribution is 7.99. The molecule has 1 N–H and O–H groups in total. The van der Waals surface area contributed by atoms with Gasteiger partial charge in [0.1, 0.15) is 0 Å². The number of nitrogens with one attached hydrogen (secondary N) is 1. The number of thioether (sulfide) groups is 1. The molecule has 0 bridgehead atoms. The Morgan fingerprint density at radius 1 is 1.44 bits per heavy atom. The molecule has 2 rings (SSSR count). The van der Waals surface area contributed by atoms with Crippen LogP contribution in [0.5, 0.6) is 0 Å². The lowest BCUT2D eigenvalue weighted by molar-refractivity contribution is 0.549. The van der Waals surface area contributed by atoms with Crippen molar-refractivity contribution in [3.05, 3.63) is 34.9 Å². The van der Waals surface area contributed by atoms with E-state index in [2.05, 4.69) is 56.2 Å². The predicted molar refractivity (Wildman–Crippen MR) is 73.0 cm³/mol. The van der Waals surface area contributed by atoms with E-state index in [-0.39, 0.29) is 0 Å². The smallest absolute Gasteiger partial charge is 0.0331 e. The van der Waals surface area contributed by atoms with Gasteiger partial charge in [-0.15, -0.1) is 0 Å². The highest BCUT2D eigenvalue weighted by atomic mass is 32.2. The summed E-state index contributed by atoms with van der Waals surface area (Å²) in [5.41, 5.74) is 4.50. The van der Waals surface area contributed by atoms with Crippen LogP contribution in [0, 0.1) is 0 Å². The third kappa shape index (κ3) is 2.44. The number of hydrogen-bond acceptors (Lipinski definition) is 2. The van der Waals surface area contributed by atoms with Gasteiger partial charge in [0.25, 0.3) is 0 Å². The summed E-state index contributed by atoms with van der Waals surface area (Å²) in [6.07, 6.45) is 2.37. The van der Waals surface area contributed by atoms with Gasteiger partial charge >= 0.3 is 0 Å². The van der Waals surface area contributed by atoms with Crippen LogP contribution in [0.15, 0.2) is 18.2 Å². The van der Waals surface area contributed by atoms with Gasteiger partial charge in [0.15, 0.2) is 0 Å². The van der Waals surface area contributed by atoms with Gasteiger partial charge in [-0.05, 0) is 36.6 Å². The van der Waals surface area contributed by atoms with Crippen LogP contribution < -0.4 is 5.32 Å². The second-order valence-electron chi connectivity index (χ2n) is 4.59. The maximum absolute atomic E-state index is 3.47. The van der Waals surface area contributed by atoms with Gasteiger partial charge in [-0.2, -0.15) is 11.8 Å². The second kappa shape index (κ2) is 5.24. The molecule has 0 amide bonds. The molecule has 1 aromatic carbocycles. The zero-order valence-corrected chi connectivity index (χ0v) is 11.2. The van der Waals surface area contributed by atoms with Crippen molar-refractivity contribution < 1.29 is 0 Å². The van der Waals surface area contributed by atoms with E-state index in [0.29, 0.717) is 6.04 Å². The molecule has 1 aliphatic heterocycles. The van der Waals surface area contributed by atoms with Crippen molar-refractivity contribution >= 4 is 11.8 Å². The summed E-state index contributed by atoms with van der Waals surface area (Å²) >= 11 is 2.07. The zero-order valence-electron chi connectivity index (χ0n) is 10.4. The Balaban J connectivity index is 2.37. The summed E-state index contributed by atoms with van der Waals surface area (Å²) < 4.78 is 0. The first-order valence-electron chi connectivity index (χ1n) is 6.15. The molecule has 0 saturated carbocycles. The number of fused-ring (bicyclic) bond motifs is 1. The van der Waals surface area contributed by atoms with E-state index in [4.69, 9.17) is 0 Å². The molecule has 0 aromatic heterocycles. The van der Waals surface area contributed by atoms with Crippen LogP contribution in [0.2, 0.25) is 0 Å². The molecule has 0 fully saturated rings. The van der Waals surface area contributed by atoms with Crippen LogP contribution >= 0.6 is 11.8 Å². The van der Waals surface area contributed by atoms with Crippen molar-refractivity contribution in [1.29, 1.82) is 0 Å². The lowest BCUT2D eigenvalue weighted by Gasteiger charge is -2.19. The summed E-state index contributed by atoms with van der Waals surface area (Å²) in [5, 5.41) is 4.21. The lowest BCUT2D eigenvalue weighted by atomic mass is 9.95. The van der Waals surface area contributed by atoms with Crippen LogP contribution in [0.4, 0.5) is 0 Å². The number of benzene rings is 1. The van der Waals surface area contributed by atoms with Crippen molar-refractivity contribution in [2.45, 2.75) is 43.7 Å². The quantitative estimate of drug-likeness (QED) is 0.841. The minimum atomic E-state index is 0.534. The first kappa shape index (κ1) is 12.0. The van der Waals surface area contributed by atoms with Gasteiger partial charge in [-0.1, -0.05) is 32.0 Å². The molecule has 1 aliphatic rings. The van der Waals surface area contributed by atoms with E-state index in [1.165, 1.54) is 28.9 Å². The average Bonchev–Trinajstić information content (AvgIpc) is 2.48. The SMILES string of the molecule is CCc1ccc2c(c1)C(NC)CC(C)SC2. The molecular formula is C14H21NS. The second-order valence-corrected chi connectivity index (χ2v) is 6.01. The van der Waals surface area contributed by atoms with Gasteiger partial charge in [0.2, 0.25) is 0 Å². The summed E-state index contributed by atoms with van der Waals surface area (Å²) in [7, 11) is 2.08.